The van der Waals surface area contributed by atoms with Gasteiger partial charge in [0.15, 0.2) is 0 Å². The third-order valence-electron chi connectivity index (χ3n) is 4.96. The molecule has 4 aromatic carbocycles. The van der Waals surface area contributed by atoms with Crippen molar-refractivity contribution in [3.8, 4) is 22.3 Å². The van der Waals surface area contributed by atoms with Gasteiger partial charge in [-0.3, -0.25) is 0 Å². The van der Waals surface area contributed by atoms with Gasteiger partial charge in [0, 0.05) is 11.4 Å². The second-order valence-corrected chi connectivity index (χ2v) is 7.03. The topological polar surface area (TPSA) is 52.0 Å². The first-order valence-electron chi connectivity index (χ1n) is 9.15. The van der Waals surface area contributed by atoms with Gasteiger partial charge in [-0.15, -0.1) is 0 Å². The Kier molecular flexibility index (Phi) is 4.66. The van der Waals surface area contributed by atoms with E-state index in [1.165, 1.54) is 0 Å². The first-order chi connectivity index (χ1) is 13.8. The minimum atomic E-state index is -4.34. The Bertz CT molecular complexity index is 1160. The fourth-order valence-electron chi connectivity index (χ4n) is 3.68. The maximum absolute atomic E-state index is 13.6. The molecule has 0 saturated carbocycles. The minimum Gasteiger partial charge on any atom is -0.399 e. The molecule has 29 heavy (non-hydrogen) atoms. The molecule has 0 fully saturated rings. The third kappa shape index (κ3) is 3.90. The summed E-state index contributed by atoms with van der Waals surface area (Å²) in [5.41, 5.74) is 15.8. The van der Waals surface area contributed by atoms with Crippen LogP contribution in [0.1, 0.15) is 5.56 Å². The smallest absolute Gasteiger partial charge is 0.393 e. The summed E-state index contributed by atoms with van der Waals surface area (Å²) >= 11 is 0. The van der Waals surface area contributed by atoms with E-state index in [9.17, 15) is 13.2 Å². The minimum absolute atomic E-state index is 0.257. The Hall–Kier alpha value is -3.47. The molecule has 0 radical (unpaired) electrons. The lowest BCUT2D eigenvalue weighted by Crippen LogP contribution is -2.13. The molecular weight excluding hydrogens is 373 g/mol. The highest BCUT2D eigenvalue weighted by molar-refractivity contribution is 6.00. The molecule has 0 unspecified atom stereocenters. The van der Waals surface area contributed by atoms with E-state index in [4.69, 9.17) is 11.5 Å². The lowest BCUT2D eigenvalue weighted by molar-refractivity contribution is -0.126. The molecule has 5 heteroatoms. The van der Waals surface area contributed by atoms with E-state index in [0.29, 0.717) is 27.9 Å². The van der Waals surface area contributed by atoms with Crippen molar-refractivity contribution in [1.29, 1.82) is 0 Å². The van der Waals surface area contributed by atoms with E-state index >= 15 is 0 Å². The van der Waals surface area contributed by atoms with Crippen molar-refractivity contribution in [1.82, 2.24) is 0 Å². The summed E-state index contributed by atoms with van der Waals surface area (Å²) in [6.07, 6.45) is -5.36. The second-order valence-electron chi connectivity index (χ2n) is 7.03. The average molecular weight is 392 g/mol. The first kappa shape index (κ1) is 18.9. The molecule has 2 nitrogen and oxygen atoms in total. The number of halogens is 3. The molecule has 0 spiro atoms. The van der Waals surface area contributed by atoms with Crippen LogP contribution < -0.4 is 11.5 Å². The van der Waals surface area contributed by atoms with Gasteiger partial charge in [0.05, 0.1) is 6.42 Å². The van der Waals surface area contributed by atoms with Crippen LogP contribution in [0.3, 0.4) is 0 Å². The van der Waals surface area contributed by atoms with E-state index in [1.54, 1.807) is 48.5 Å². The van der Waals surface area contributed by atoms with Crippen molar-refractivity contribution in [2.75, 3.05) is 11.5 Å². The molecule has 146 valence electrons. The standard InChI is InChI=1S/C24H19F3N2/c25-24(26,27)14-22-20-4-2-1-3-17(20)13-21(15-5-9-18(28)10-6-15)23(22)16-7-11-19(29)12-8-16/h1-13H,14,28-29H2. The summed E-state index contributed by atoms with van der Waals surface area (Å²) in [5, 5.41) is 1.36. The maximum Gasteiger partial charge on any atom is 0.393 e. The number of nitrogens with two attached hydrogens (primary N) is 2. The normalized spacial score (nSPS) is 11.7. The lowest BCUT2D eigenvalue weighted by Gasteiger charge is -2.20. The monoisotopic (exact) mass is 392 g/mol. The molecule has 0 atom stereocenters. The molecule has 0 aromatic heterocycles. The molecule has 0 heterocycles. The van der Waals surface area contributed by atoms with Gasteiger partial charge in [-0.2, -0.15) is 13.2 Å². The number of rotatable bonds is 3. The van der Waals surface area contributed by atoms with Crippen LogP contribution >= 0.6 is 0 Å². The Balaban J connectivity index is 2.10. The molecule has 0 aliphatic rings. The van der Waals surface area contributed by atoms with E-state index in [1.807, 2.05) is 30.3 Å². The highest BCUT2D eigenvalue weighted by atomic mass is 19.4. The Morgan fingerprint density at radius 1 is 0.690 bits per heavy atom. The van der Waals surface area contributed by atoms with Crippen LogP contribution in [0, 0.1) is 0 Å². The van der Waals surface area contributed by atoms with E-state index < -0.39 is 12.6 Å². The zero-order valence-corrected chi connectivity index (χ0v) is 15.5. The van der Waals surface area contributed by atoms with Crippen LogP contribution in [0.5, 0.6) is 0 Å². The number of benzene rings is 4. The predicted octanol–water partition coefficient (Wildman–Crippen LogP) is 6.44. The van der Waals surface area contributed by atoms with Gasteiger partial charge in [-0.05, 0) is 68.9 Å². The molecular formula is C24H19F3N2. The number of alkyl halides is 3. The van der Waals surface area contributed by atoms with E-state index in [2.05, 4.69) is 0 Å². The van der Waals surface area contributed by atoms with Crippen LogP contribution in [-0.4, -0.2) is 6.18 Å². The number of anilines is 2. The molecule has 4 N–H and O–H groups in total. The molecule has 4 rings (SSSR count). The van der Waals surface area contributed by atoms with Gasteiger partial charge in [-0.1, -0.05) is 48.5 Å². The average Bonchev–Trinajstić information content (AvgIpc) is 2.68. The number of hydrogen-bond acceptors (Lipinski definition) is 2. The lowest BCUT2D eigenvalue weighted by atomic mass is 9.85. The predicted molar refractivity (Wildman–Crippen MR) is 113 cm³/mol. The number of nitrogen functional groups attached to an aromatic ring is 2. The van der Waals surface area contributed by atoms with Crippen LogP contribution in [0.4, 0.5) is 24.5 Å². The summed E-state index contributed by atoms with van der Waals surface area (Å²) in [7, 11) is 0. The van der Waals surface area contributed by atoms with Gasteiger partial charge >= 0.3 is 6.18 Å². The summed E-state index contributed by atoms with van der Waals surface area (Å²) in [6.45, 7) is 0. The van der Waals surface area contributed by atoms with Crippen LogP contribution in [-0.2, 0) is 6.42 Å². The molecule has 0 aliphatic carbocycles. The van der Waals surface area contributed by atoms with Gasteiger partial charge < -0.3 is 11.5 Å². The SMILES string of the molecule is Nc1ccc(-c2cc3ccccc3c(CC(F)(F)F)c2-c2ccc(N)cc2)cc1. The number of hydrogen-bond donors (Lipinski definition) is 2. The van der Waals surface area contributed by atoms with Gasteiger partial charge in [0.2, 0.25) is 0 Å². The summed E-state index contributed by atoms with van der Waals surface area (Å²) < 4.78 is 40.7. The third-order valence-corrected chi connectivity index (χ3v) is 4.96. The van der Waals surface area contributed by atoms with Crippen molar-refractivity contribution in [2.45, 2.75) is 12.6 Å². The number of fused-ring (bicyclic) bond motifs is 1. The van der Waals surface area contributed by atoms with Gasteiger partial charge in [0.25, 0.3) is 0 Å². The van der Waals surface area contributed by atoms with Crippen molar-refractivity contribution in [2.24, 2.45) is 0 Å². The van der Waals surface area contributed by atoms with Crippen molar-refractivity contribution < 1.29 is 13.2 Å². The molecule has 0 aliphatic heterocycles. The summed E-state index contributed by atoms with van der Waals surface area (Å²) in [5.74, 6) is 0. The summed E-state index contributed by atoms with van der Waals surface area (Å²) in [6, 6.07) is 23.2. The van der Waals surface area contributed by atoms with E-state index in [-0.39, 0.29) is 5.56 Å². The molecule has 0 bridgehead atoms. The summed E-state index contributed by atoms with van der Waals surface area (Å²) in [4.78, 5) is 0. The zero-order valence-electron chi connectivity index (χ0n) is 15.5. The first-order valence-corrected chi connectivity index (χ1v) is 9.15. The van der Waals surface area contributed by atoms with Crippen molar-refractivity contribution >= 4 is 22.1 Å². The Morgan fingerprint density at radius 3 is 1.83 bits per heavy atom. The largest absolute Gasteiger partial charge is 0.399 e. The maximum atomic E-state index is 13.6. The van der Waals surface area contributed by atoms with Crippen LogP contribution in [0.15, 0.2) is 78.9 Å². The fraction of sp³-hybridized carbons (Fsp3) is 0.0833. The second kappa shape index (κ2) is 7.17. The molecule has 0 saturated heterocycles. The Morgan fingerprint density at radius 2 is 1.24 bits per heavy atom. The molecule has 4 aromatic rings. The zero-order chi connectivity index (χ0) is 20.6. The van der Waals surface area contributed by atoms with Gasteiger partial charge in [-0.25, -0.2) is 0 Å². The highest BCUT2D eigenvalue weighted by Gasteiger charge is 2.31. The molecule has 0 amide bonds. The van der Waals surface area contributed by atoms with Crippen LogP contribution in [0.2, 0.25) is 0 Å². The highest BCUT2D eigenvalue weighted by Crippen LogP contribution is 2.42. The van der Waals surface area contributed by atoms with Crippen molar-refractivity contribution in [3.05, 3.63) is 84.4 Å². The van der Waals surface area contributed by atoms with E-state index in [0.717, 1.165) is 16.5 Å². The fourth-order valence-corrected chi connectivity index (χ4v) is 3.68. The Labute approximate surface area is 166 Å². The van der Waals surface area contributed by atoms with Crippen molar-refractivity contribution in [3.63, 3.8) is 0 Å². The van der Waals surface area contributed by atoms with Gasteiger partial charge in [0.1, 0.15) is 0 Å². The quantitative estimate of drug-likeness (QED) is 0.394. The van der Waals surface area contributed by atoms with Crippen LogP contribution in [0.25, 0.3) is 33.0 Å².